The van der Waals surface area contributed by atoms with Gasteiger partial charge in [-0.05, 0) is 48.7 Å². The van der Waals surface area contributed by atoms with Crippen LogP contribution >= 0.6 is 0 Å². The average molecular weight is 310 g/mol. The fourth-order valence-corrected chi connectivity index (χ4v) is 2.67. The predicted molar refractivity (Wildman–Crippen MR) is 91.7 cm³/mol. The van der Waals surface area contributed by atoms with Crippen molar-refractivity contribution in [3.63, 3.8) is 0 Å². The number of aromatic nitrogens is 1. The maximum Gasteiger partial charge on any atom is 0.255 e. The molecule has 0 spiro atoms. The van der Waals surface area contributed by atoms with Crippen molar-refractivity contribution in [3.05, 3.63) is 51.8 Å². The van der Waals surface area contributed by atoms with Crippen molar-refractivity contribution in [3.8, 4) is 23.1 Å². The third-order valence-electron chi connectivity index (χ3n) is 3.95. The second-order valence-electron chi connectivity index (χ2n) is 5.57. The second kappa shape index (κ2) is 7.64. The van der Waals surface area contributed by atoms with Gasteiger partial charge in [-0.2, -0.15) is 5.26 Å². The standard InChI is InChI=1S/C19H22N2O2/c1-4-5-12-21-17(8-6-15(10-11-20)19(21)22)16-7-9-18(23-3)14(2)13-16/h6-9,13H,4-5,10,12H2,1-3H3. The zero-order chi connectivity index (χ0) is 16.8. The van der Waals surface area contributed by atoms with Crippen LogP contribution in [0.1, 0.15) is 30.9 Å². The number of benzene rings is 1. The summed E-state index contributed by atoms with van der Waals surface area (Å²) in [7, 11) is 1.65. The molecule has 0 saturated carbocycles. The quantitative estimate of drug-likeness (QED) is 0.817. The van der Waals surface area contributed by atoms with Crippen molar-refractivity contribution in [1.29, 1.82) is 5.26 Å². The smallest absolute Gasteiger partial charge is 0.255 e. The molecule has 2 aromatic rings. The fraction of sp³-hybridized carbons (Fsp3) is 0.368. The molecule has 2 rings (SSSR count). The molecule has 0 aliphatic carbocycles. The first kappa shape index (κ1) is 16.8. The third kappa shape index (κ3) is 3.62. The molecular weight excluding hydrogens is 288 g/mol. The van der Waals surface area contributed by atoms with Crippen LogP contribution in [0.2, 0.25) is 0 Å². The maximum absolute atomic E-state index is 12.7. The van der Waals surface area contributed by atoms with Crippen LogP contribution in [0, 0.1) is 18.3 Å². The van der Waals surface area contributed by atoms with E-state index in [0.717, 1.165) is 35.4 Å². The number of hydrogen-bond acceptors (Lipinski definition) is 3. The van der Waals surface area contributed by atoms with E-state index in [1.54, 1.807) is 17.7 Å². The lowest BCUT2D eigenvalue weighted by Crippen LogP contribution is -2.25. The van der Waals surface area contributed by atoms with E-state index in [2.05, 4.69) is 13.0 Å². The zero-order valence-electron chi connectivity index (χ0n) is 13.9. The van der Waals surface area contributed by atoms with Gasteiger partial charge in [-0.1, -0.05) is 19.4 Å². The van der Waals surface area contributed by atoms with E-state index < -0.39 is 0 Å². The highest BCUT2D eigenvalue weighted by molar-refractivity contribution is 5.62. The van der Waals surface area contributed by atoms with E-state index in [-0.39, 0.29) is 12.0 Å². The van der Waals surface area contributed by atoms with E-state index in [0.29, 0.717) is 12.1 Å². The van der Waals surface area contributed by atoms with Crippen LogP contribution in [0.5, 0.6) is 5.75 Å². The number of pyridine rings is 1. The van der Waals surface area contributed by atoms with E-state index in [4.69, 9.17) is 10.00 Å². The van der Waals surface area contributed by atoms with Crippen LogP contribution in [0.15, 0.2) is 35.1 Å². The Morgan fingerprint density at radius 1 is 1.26 bits per heavy atom. The number of aryl methyl sites for hydroxylation is 1. The summed E-state index contributed by atoms with van der Waals surface area (Å²) < 4.78 is 7.09. The number of methoxy groups -OCH3 is 1. The van der Waals surface area contributed by atoms with Gasteiger partial charge in [-0.3, -0.25) is 4.79 Å². The molecule has 0 aliphatic rings. The number of unbranched alkanes of at least 4 members (excludes halogenated alkanes) is 1. The molecule has 0 N–H and O–H groups in total. The number of nitriles is 1. The minimum absolute atomic E-state index is 0.0639. The first-order valence-electron chi connectivity index (χ1n) is 7.87. The van der Waals surface area contributed by atoms with Gasteiger partial charge in [-0.25, -0.2) is 0 Å². The fourth-order valence-electron chi connectivity index (χ4n) is 2.67. The van der Waals surface area contributed by atoms with Gasteiger partial charge in [0.15, 0.2) is 0 Å². The SMILES string of the molecule is CCCCn1c(-c2ccc(OC)c(C)c2)ccc(CC#N)c1=O. The molecule has 4 heteroatoms. The number of hydrogen-bond donors (Lipinski definition) is 0. The lowest BCUT2D eigenvalue weighted by molar-refractivity contribution is 0.412. The summed E-state index contributed by atoms with van der Waals surface area (Å²) in [4.78, 5) is 12.7. The normalized spacial score (nSPS) is 10.3. The largest absolute Gasteiger partial charge is 0.496 e. The Kier molecular flexibility index (Phi) is 5.59. The Bertz CT molecular complexity index is 785. The number of rotatable bonds is 6. The van der Waals surface area contributed by atoms with Crippen LogP contribution < -0.4 is 10.3 Å². The topological polar surface area (TPSA) is 55.0 Å². The molecule has 0 radical (unpaired) electrons. The Hall–Kier alpha value is -2.54. The minimum Gasteiger partial charge on any atom is -0.496 e. The molecule has 4 nitrogen and oxygen atoms in total. The van der Waals surface area contributed by atoms with Crippen LogP contribution in [-0.2, 0) is 13.0 Å². The van der Waals surface area contributed by atoms with Gasteiger partial charge < -0.3 is 9.30 Å². The molecule has 0 unspecified atom stereocenters. The zero-order valence-corrected chi connectivity index (χ0v) is 13.9. The summed E-state index contributed by atoms with van der Waals surface area (Å²) >= 11 is 0. The van der Waals surface area contributed by atoms with Crippen molar-refractivity contribution in [1.82, 2.24) is 4.57 Å². The van der Waals surface area contributed by atoms with E-state index in [9.17, 15) is 4.79 Å². The summed E-state index contributed by atoms with van der Waals surface area (Å²) in [5, 5.41) is 8.88. The molecule has 0 aliphatic heterocycles. The maximum atomic E-state index is 12.7. The Morgan fingerprint density at radius 2 is 2.04 bits per heavy atom. The molecular formula is C19H22N2O2. The van der Waals surface area contributed by atoms with Crippen molar-refractivity contribution >= 4 is 0 Å². The number of ether oxygens (including phenoxy) is 1. The first-order chi connectivity index (χ1) is 11.1. The molecule has 0 amide bonds. The summed E-state index contributed by atoms with van der Waals surface area (Å²) in [6.45, 7) is 4.75. The summed E-state index contributed by atoms with van der Waals surface area (Å²) in [5.74, 6) is 0.831. The highest BCUT2D eigenvalue weighted by Gasteiger charge is 2.11. The molecule has 0 bridgehead atoms. The molecule has 1 aromatic heterocycles. The van der Waals surface area contributed by atoms with Gasteiger partial charge in [-0.15, -0.1) is 0 Å². The van der Waals surface area contributed by atoms with Crippen LogP contribution in [0.3, 0.4) is 0 Å². The van der Waals surface area contributed by atoms with Crippen molar-refractivity contribution in [2.24, 2.45) is 0 Å². The molecule has 23 heavy (non-hydrogen) atoms. The highest BCUT2D eigenvalue weighted by Crippen LogP contribution is 2.26. The molecule has 0 saturated heterocycles. The molecule has 1 aromatic carbocycles. The Labute approximate surface area is 137 Å². The molecule has 1 heterocycles. The van der Waals surface area contributed by atoms with Gasteiger partial charge >= 0.3 is 0 Å². The summed E-state index contributed by atoms with van der Waals surface area (Å²) in [5.41, 5.74) is 3.39. The van der Waals surface area contributed by atoms with Crippen molar-refractivity contribution in [2.75, 3.05) is 7.11 Å². The van der Waals surface area contributed by atoms with E-state index in [1.807, 2.05) is 31.2 Å². The summed E-state index contributed by atoms with van der Waals surface area (Å²) in [6, 6.07) is 11.7. The third-order valence-corrected chi connectivity index (χ3v) is 3.95. The van der Waals surface area contributed by atoms with E-state index in [1.165, 1.54) is 0 Å². The van der Waals surface area contributed by atoms with Crippen molar-refractivity contribution in [2.45, 2.75) is 39.7 Å². The highest BCUT2D eigenvalue weighted by atomic mass is 16.5. The van der Waals surface area contributed by atoms with Crippen LogP contribution in [-0.4, -0.2) is 11.7 Å². The van der Waals surface area contributed by atoms with E-state index >= 15 is 0 Å². The van der Waals surface area contributed by atoms with Gasteiger partial charge in [0.2, 0.25) is 0 Å². The molecule has 0 atom stereocenters. The minimum atomic E-state index is -0.0639. The lowest BCUT2D eigenvalue weighted by Gasteiger charge is -2.15. The Morgan fingerprint density at radius 3 is 2.65 bits per heavy atom. The number of nitrogens with zero attached hydrogens (tertiary/aromatic N) is 2. The summed E-state index contributed by atoms with van der Waals surface area (Å²) in [6.07, 6.45) is 2.08. The lowest BCUT2D eigenvalue weighted by atomic mass is 10.1. The average Bonchev–Trinajstić information content (AvgIpc) is 2.55. The predicted octanol–water partition coefficient (Wildman–Crippen LogP) is 3.70. The molecule has 120 valence electrons. The van der Waals surface area contributed by atoms with Gasteiger partial charge in [0.25, 0.3) is 5.56 Å². The second-order valence-corrected chi connectivity index (χ2v) is 5.57. The molecule has 0 fully saturated rings. The van der Waals surface area contributed by atoms with Crippen LogP contribution in [0.4, 0.5) is 0 Å². The first-order valence-corrected chi connectivity index (χ1v) is 7.87. The van der Waals surface area contributed by atoms with Gasteiger partial charge in [0.05, 0.1) is 25.3 Å². The van der Waals surface area contributed by atoms with Gasteiger partial charge in [0.1, 0.15) is 5.75 Å². The Balaban J connectivity index is 2.57. The van der Waals surface area contributed by atoms with Gasteiger partial charge in [0, 0.05) is 12.1 Å². The monoisotopic (exact) mass is 310 g/mol. The van der Waals surface area contributed by atoms with Crippen molar-refractivity contribution < 1.29 is 4.74 Å². The van der Waals surface area contributed by atoms with Crippen LogP contribution in [0.25, 0.3) is 11.3 Å².